The van der Waals surface area contributed by atoms with Crippen LogP contribution < -0.4 is 0 Å². The molecule has 0 amide bonds. The normalized spacial score (nSPS) is 10.6. The number of halogens is 1. The Morgan fingerprint density at radius 2 is 2.19 bits per heavy atom. The number of pyridine rings is 1. The second kappa shape index (κ2) is 3.98. The van der Waals surface area contributed by atoms with Crippen molar-refractivity contribution in [1.82, 2.24) is 4.98 Å². The van der Waals surface area contributed by atoms with Gasteiger partial charge in [-0.3, -0.25) is 9.78 Å². The van der Waals surface area contributed by atoms with Crippen LogP contribution in [0, 0.1) is 0 Å². The van der Waals surface area contributed by atoms with E-state index in [0.717, 1.165) is 0 Å². The van der Waals surface area contributed by atoms with Crippen LogP contribution in [0.4, 0.5) is 0 Å². The minimum atomic E-state index is -0.969. The minimum Gasteiger partial charge on any atom is -0.508 e. The lowest BCUT2D eigenvalue weighted by molar-refractivity contribution is -0.136. The van der Waals surface area contributed by atoms with Crippen LogP contribution in [0.25, 0.3) is 10.9 Å². The molecule has 5 heteroatoms. The van der Waals surface area contributed by atoms with Crippen molar-refractivity contribution in [3.05, 3.63) is 35.0 Å². The van der Waals surface area contributed by atoms with E-state index >= 15 is 0 Å². The standard InChI is InChI=1S/C11H8ClNO3/c12-11-6(3-10(15)16)5-13-9-2-1-7(14)4-8(9)11/h1-2,4-5,14H,3H2,(H,15,16). The number of aromatic nitrogens is 1. The van der Waals surface area contributed by atoms with E-state index in [4.69, 9.17) is 16.7 Å². The van der Waals surface area contributed by atoms with Gasteiger partial charge in [0.25, 0.3) is 0 Å². The Balaban J connectivity index is 2.63. The van der Waals surface area contributed by atoms with Crippen molar-refractivity contribution in [3.63, 3.8) is 0 Å². The maximum absolute atomic E-state index is 10.6. The Labute approximate surface area is 96.1 Å². The molecule has 82 valence electrons. The summed E-state index contributed by atoms with van der Waals surface area (Å²) in [6.07, 6.45) is 1.26. The minimum absolute atomic E-state index is 0.0728. The molecule has 2 rings (SSSR count). The van der Waals surface area contributed by atoms with E-state index in [-0.39, 0.29) is 12.2 Å². The zero-order chi connectivity index (χ0) is 11.7. The summed E-state index contributed by atoms with van der Waals surface area (Å²) in [5.74, 6) is -0.896. The average Bonchev–Trinajstić information content (AvgIpc) is 2.22. The van der Waals surface area contributed by atoms with Gasteiger partial charge in [-0.05, 0) is 18.2 Å². The molecule has 2 aromatic rings. The fraction of sp³-hybridized carbons (Fsp3) is 0.0909. The van der Waals surface area contributed by atoms with Crippen LogP contribution in [0.15, 0.2) is 24.4 Å². The van der Waals surface area contributed by atoms with Crippen LogP contribution >= 0.6 is 11.6 Å². The van der Waals surface area contributed by atoms with E-state index in [0.29, 0.717) is 21.5 Å². The van der Waals surface area contributed by atoms with Crippen LogP contribution in [-0.2, 0) is 11.2 Å². The Morgan fingerprint density at radius 3 is 2.88 bits per heavy atom. The molecule has 0 unspecified atom stereocenters. The van der Waals surface area contributed by atoms with Crippen LogP contribution in [-0.4, -0.2) is 21.2 Å². The first kappa shape index (κ1) is 10.7. The molecule has 16 heavy (non-hydrogen) atoms. The van der Waals surface area contributed by atoms with Gasteiger partial charge < -0.3 is 10.2 Å². The lowest BCUT2D eigenvalue weighted by Crippen LogP contribution is -2.01. The molecule has 0 aliphatic carbocycles. The van der Waals surface area contributed by atoms with Crippen molar-refractivity contribution in [2.24, 2.45) is 0 Å². The smallest absolute Gasteiger partial charge is 0.307 e. The lowest BCUT2D eigenvalue weighted by atomic mass is 10.1. The highest BCUT2D eigenvalue weighted by Gasteiger charge is 2.10. The number of rotatable bonds is 2. The Morgan fingerprint density at radius 1 is 1.44 bits per heavy atom. The number of benzene rings is 1. The van der Waals surface area contributed by atoms with Crippen molar-refractivity contribution in [2.75, 3.05) is 0 Å². The molecule has 0 aliphatic rings. The predicted octanol–water partition coefficient (Wildman–Crippen LogP) is 2.22. The molecule has 0 saturated heterocycles. The molecule has 0 spiro atoms. The first-order valence-corrected chi connectivity index (χ1v) is 4.93. The largest absolute Gasteiger partial charge is 0.508 e. The van der Waals surface area contributed by atoms with E-state index in [1.165, 1.54) is 18.3 Å². The zero-order valence-corrected chi connectivity index (χ0v) is 8.90. The van der Waals surface area contributed by atoms with E-state index in [9.17, 15) is 9.90 Å². The summed E-state index contributed by atoms with van der Waals surface area (Å²) < 4.78 is 0. The molecule has 0 radical (unpaired) electrons. The third kappa shape index (κ3) is 1.92. The number of aliphatic carboxylic acids is 1. The number of hydrogen-bond donors (Lipinski definition) is 2. The van der Waals surface area contributed by atoms with Gasteiger partial charge in [0.2, 0.25) is 0 Å². The number of fused-ring (bicyclic) bond motifs is 1. The zero-order valence-electron chi connectivity index (χ0n) is 8.14. The molecule has 1 aromatic carbocycles. The van der Waals surface area contributed by atoms with E-state index in [2.05, 4.69) is 4.98 Å². The third-order valence-electron chi connectivity index (χ3n) is 2.20. The number of carboxylic acid groups (broad SMARTS) is 1. The van der Waals surface area contributed by atoms with Crippen LogP contribution in [0.2, 0.25) is 5.02 Å². The molecule has 0 atom stereocenters. The maximum Gasteiger partial charge on any atom is 0.307 e. The van der Waals surface area contributed by atoms with Crippen LogP contribution in [0.3, 0.4) is 0 Å². The van der Waals surface area contributed by atoms with Crippen molar-refractivity contribution in [3.8, 4) is 5.75 Å². The maximum atomic E-state index is 10.6. The van der Waals surface area contributed by atoms with E-state index < -0.39 is 5.97 Å². The number of phenols is 1. The molecule has 4 nitrogen and oxygen atoms in total. The molecule has 0 fully saturated rings. The molecular formula is C11H8ClNO3. The van der Waals surface area contributed by atoms with E-state index in [1.54, 1.807) is 6.07 Å². The highest BCUT2D eigenvalue weighted by Crippen LogP contribution is 2.28. The fourth-order valence-electron chi connectivity index (χ4n) is 1.48. The van der Waals surface area contributed by atoms with Gasteiger partial charge in [0.1, 0.15) is 5.75 Å². The number of hydrogen-bond acceptors (Lipinski definition) is 3. The highest BCUT2D eigenvalue weighted by atomic mass is 35.5. The van der Waals surface area contributed by atoms with E-state index in [1.807, 2.05) is 0 Å². The summed E-state index contributed by atoms with van der Waals surface area (Å²) in [7, 11) is 0. The van der Waals surface area contributed by atoms with Gasteiger partial charge in [-0.15, -0.1) is 0 Å². The highest BCUT2D eigenvalue weighted by molar-refractivity contribution is 6.36. The topological polar surface area (TPSA) is 70.4 Å². The molecule has 0 bridgehead atoms. The fourth-order valence-corrected chi connectivity index (χ4v) is 1.74. The number of aromatic hydroxyl groups is 1. The molecular weight excluding hydrogens is 230 g/mol. The van der Waals surface area contributed by atoms with Gasteiger partial charge in [-0.1, -0.05) is 11.6 Å². The van der Waals surface area contributed by atoms with Gasteiger partial charge in [0.05, 0.1) is 17.0 Å². The number of nitrogens with zero attached hydrogens (tertiary/aromatic N) is 1. The van der Waals surface area contributed by atoms with Gasteiger partial charge in [-0.2, -0.15) is 0 Å². The second-order valence-corrected chi connectivity index (χ2v) is 3.75. The lowest BCUT2D eigenvalue weighted by Gasteiger charge is -2.05. The quantitative estimate of drug-likeness (QED) is 0.840. The Bertz CT molecular complexity index is 568. The first-order valence-electron chi connectivity index (χ1n) is 4.56. The summed E-state index contributed by atoms with van der Waals surface area (Å²) in [6.45, 7) is 0. The van der Waals surface area contributed by atoms with Crippen LogP contribution in [0.5, 0.6) is 5.75 Å². The van der Waals surface area contributed by atoms with Gasteiger partial charge in [0.15, 0.2) is 0 Å². The van der Waals surface area contributed by atoms with Crippen molar-refractivity contribution in [2.45, 2.75) is 6.42 Å². The number of phenolic OH excluding ortho intramolecular Hbond substituents is 1. The molecule has 0 aliphatic heterocycles. The summed E-state index contributed by atoms with van der Waals surface area (Å²) >= 11 is 6.04. The summed E-state index contributed by atoms with van der Waals surface area (Å²) in [4.78, 5) is 14.7. The second-order valence-electron chi connectivity index (χ2n) is 3.37. The summed E-state index contributed by atoms with van der Waals surface area (Å²) in [5, 5.41) is 18.9. The number of carboxylic acids is 1. The summed E-state index contributed by atoms with van der Waals surface area (Å²) in [5.41, 5.74) is 1.06. The Hall–Kier alpha value is -1.81. The van der Waals surface area contributed by atoms with Gasteiger partial charge in [0, 0.05) is 17.1 Å². The molecule has 2 N–H and O–H groups in total. The van der Waals surface area contributed by atoms with Crippen molar-refractivity contribution < 1.29 is 15.0 Å². The van der Waals surface area contributed by atoms with Gasteiger partial charge >= 0.3 is 5.97 Å². The van der Waals surface area contributed by atoms with Crippen molar-refractivity contribution >= 4 is 28.5 Å². The average molecular weight is 238 g/mol. The number of carbonyl (C=O) groups is 1. The molecule has 1 heterocycles. The Kier molecular flexibility index (Phi) is 2.66. The van der Waals surface area contributed by atoms with Gasteiger partial charge in [-0.25, -0.2) is 0 Å². The monoisotopic (exact) mass is 237 g/mol. The SMILES string of the molecule is O=C(O)Cc1cnc2ccc(O)cc2c1Cl. The third-order valence-corrected chi connectivity index (χ3v) is 2.65. The molecule has 1 aromatic heterocycles. The predicted molar refractivity (Wildman–Crippen MR) is 59.8 cm³/mol. The first-order chi connectivity index (χ1) is 7.58. The van der Waals surface area contributed by atoms with Crippen molar-refractivity contribution in [1.29, 1.82) is 0 Å². The van der Waals surface area contributed by atoms with Crippen LogP contribution in [0.1, 0.15) is 5.56 Å². The molecule has 0 saturated carbocycles. The summed E-state index contributed by atoms with van der Waals surface area (Å²) in [6, 6.07) is 4.60.